The summed E-state index contributed by atoms with van der Waals surface area (Å²) in [5, 5.41) is 7.56. The van der Waals surface area contributed by atoms with E-state index in [0.717, 1.165) is 47.5 Å². The first-order chi connectivity index (χ1) is 12.9. The molecule has 1 aliphatic rings. The first-order valence-electron chi connectivity index (χ1n) is 9.53. The van der Waals surface area contributed by atoms with E-state index in [2.05, 4.69) is 17.3 Å². The summed E-state index contributed by atoms with van der Waals surface area (Å²) in [5.41, 5.74) is 3.20. The maximum absolute atomic E-state index is 12.7. The van der Waals surface area contributed by atoms with Gasteiger partial charge in [-0.3, -0.25) is 14.3 Å². The molecule has 1 aliphatic carbocycles. The molecule has 2 aromatic rings. The van der Waals surface area contributed by atoms with Gasteiger partial charge < -0.3 is 10.2 Å². The summed E-state index contributed by atoms with van der Waals surface area (Å²) in [5.74, 6) is 0.102. The van der Waals surface area contributed by atoms with Crippen LogP contribution >= 0.6 is 11.3 Å². The fraction of sp³-hybridized carbons (Fsp3) is 0.550. The minimum atomic E-state index is -0.0274. The molecule has 0 aromatic carbocycles. The van der Waals surface area contributed by atoms with Crippen LogP contribution in [0, 0.1) is 12.8 Å². The van der Waals surface area contributed by atoms with Gasteiger partial charge in [-0.15, -0.1) is 11.3 Å². The molecule has 146 valence electrons. The molecule has 0 saturated carbocycles. The van der Waals surface area contributed by atoms with Gasteiger partial charge in [0.2, 0.25) is 5.91 Å². The molecule has 0 saturated heterocycles. The maximum atomic E-state index is 12.7. The first-order valence-corrected chi connectivity index (χ1v) is 10.3. The van der Waals surface area contributed by atoms with E-state index in [1.165, 1.54) is 4.88 Å². The molecule has 2 amide bonds. The third-order valence-corrected chi connectivity index (χ3v) is 6.25. The van der Waals surface area contributed by atoms with Crippen molar-refractivity contribution in [3.8, 4) is 0 Å². The van der Waals surface area contributed by atoms with Crippen molar-refractivity contribution in [3.63, 3.8) is 0 Å². The van der Waals surface area contributed by atoms with Gasteiger partial charge in [-0.25, -0.2) is 0 Å². The third-order valence-electron chi connectivity index (χ3n) is 5.02. The molecule has 3 rings (SSSR count). The quantitative estimate of drug-likeness (QED) is 0.827. The van der Waals surface area contributed by atoms with E-state index < -0.39 is 0 Å². The van der Waals surface area contributed by atoms with Gasteiger partial charge >= 0.3 is 0 Å². The Morgan fingerprint density at radius 3 is 2.89 bits per heavy atom. The zero-order chi connectivity index (χ0) is 19.6. The van der Waals surface area contributed by atoms with Crippen molar-refractivity contribution in [1.29, 1.82) is 0 Å². The molecule has 6 nitrogen and oxygen atoms in total. The molecule has 1 atom stereocenters. The standard InChI is InChI=1S/C20H28N4O2S/c1-5-8-24-12-16(13(2)22-24)11-21-19(25)14-6-7-17-15(9-14)10-18(27-17)20(26)23(3)4/h10,12,14H,5-9,11H2,1-4H3,(H,21,25)/t14-/m1/s1. The number of aromatic nitrogens is 2. The van der Waals surface area contributed by atoms with E-state index in [-0.39, 0.29) is 17.7 Å². The van der Waals surface area contributed by atoms with Gasteiger partial charge in [0.05, 0.1) is 10.6 Å². The number of carbonyl (C=O) groups excluding carboxylic acids is 2. The van der Waals surface area contributed by atoms with Gasteiger partial charge in [0.25, 0.3) is 5.91 Å². The van der Waals surface area contributed by atoms with Crippen molar-refractivity contribution < 1.29 is 9.59 Å². The van der Waals surface area contributed by atoms with Crippen LogP contribution in [0.15, 0.2) is 12.3 Å². The van der Waals surface area contributed by atoms with Crippen LogP contribution in [-0.2, 0) is 30.7 Å². The summed E-state index contributed by atoms with van der Waals surface area (Å²) in [6.45, 7) is 5.52. The number of aryl methyl sites for hydroxylation is 3. The minimum Gasteiger partial charge on any atom is -0.352 e. The SMILES string of the molecule is CCCn1cc(CNC(=O)[C@@H]2CCc3sc(C(=O)N(C)C)cc3C2)c(C)n1. The largest absolute Gasteiger partial charge is 0.352 e. The number of amides is 2. The molecule has 2 heterocycles. The maximum Gasteiger partial charge on any atom is 0.263 e. The monoisotopic (exact) mass is 388 g/mol. The number of carbonyl (C=O) groups is 2. The lowest BCUT2D eigenvalue weighted by Crippen LogP contribution is -2.33. The molecule has 27 heavy (non-hydrogen) atoms. The molecule has 0 radical (unpaired) electrons. The molecular weight excluding hydrogens is 360 g/mol. The number of rotatable bonds is 6. The van der Waals surface area contributed by atoms with Crippen molar-refractivity contribution in [3.05, 3.63) is 38.8 Å². The second kappa shape index (κ2) is 8.25. The smallest absolute Gasteiger partial charge is 0.263 e. The highest BCUT2D eigenvalue weighted by Crippen LogP contribution is 2.33. The topological polar surface area (TPSA) is 67.2 Å². The van der Waals surface area contributed by atoms with Gasteiger partial charge in [0.15, 0.2) is 0 Å². The Morgan fingerprint density at radius 1 is 1.41 bits per heavy atom. The number of thiophene rings is 1. The molecule has 0 bridgehead atoms. The van der Waals surface area contributed by atoms with E-state index in [9.17, 15) is 9.59 Å². The molecule has 7 heteroatoms. The highest BCUT2D eigenvalue weighted by atomic mass is 32.1. The van der Waals surface area contributed by atoms with Crippen LogP contribution in [0.5, 0.6) is 0 Å². The zero-order valence-corrected chi connectivity index (χ0v) is 17.4. The molecule has 1 N–H and O–H groups in total. The lowest BCUT2D eigenvalue weighted by molar-refractivity contribution is -0.125. The van der Waals surface area contributed by atoms with Crippen LogP contribution in [0.1, 0.15) is 51.1 Å². The Bertz CT molecular complexity index is 837. The van der Waals surface area contributed by atoms with E-state index in [0.29, 0.717) is 13.0 Å². The molecule has 2 aromatic heterocycles. The molecular formula is C20H28N4O2S. The lowest BCUT2D eigenvalue weighted by atomic mass is 9.87. The van der Waals surface area contributed by atoms with Crippen LogP contribution in [0.3, 0.4) is 0 Å². The van der Waals surface area contributed by atoms with Crippen molar-refractivity contribution in [2.75, 3.05) is 14.1 Å². The number of hydrogen-bond acceptors (Lipinski definition) is 4. The molecule has 0 spiro atoms. The van der Waals surface area contributed by atoms with Crippen LogP contribution in [-0.4, -0.2) is 40.6 Å². The zero-order valence-electron chi connectivity index (χ0n) is 16.5. The van der Waals surface area contributed by atoms with Crippen molar-refractivity contribution in [2.24, 2.45) is 5.92 Å². The first kappa shape index (κ1) is 19.6. The Kier molecular flexibility index (Phi) is 5.99. The summed E-state index contributed by atoms with van der Waals surface area (Å²) in [6.07, 6.45) is 5.48. The highest BCUT2D eigenvalue weighted by molar-refractivity contribution is 7.14. The van der Waals surface area contributed by atoms with Gasteiger partial charge in [-0.1, -0.05) is 6.92 Å². The van der Waals surface area contributed by atoms with Crippen LogP contribution in [0.4, 0.5) is 0 Å². The predicted octanol–water partition coefficient (Wildman–Crippen LogP) is 2.79. The van der Waals surface area contributed by atoms with Crippen molar-refractivity contribution in [1.82, 2.24) is 20.0 Å². The van der Waals surface area contributed by atoms with E-state index in [1.807, 2.05) is 23.9 Å². The van der Waals surface area contributed by atoms with Gasteiger partial charge in [0.1, 0.15) is 0 Å². The fourth-order valence-corrected chi connectivity index (χ4v) is 4.71. The van der Waals surface area contributed by atoms with Crippen molar-refractivity contribution >= 4 is 23.2 Å². The van der Waals surface area contributed by atoms with Gasteiger partial charge in [0, 0.05) is 49.7 Å². The fourth-order valence-electron chi connectivity index (χ4n) is 3.48. The minimum absolute atomic E-state index is 0.0274. The Balaban J connectivity index is 1.60. The van der Waals surface area contributed by atoms with E-state index in [1.54, 1.807) is 30.3 Å². The number of fused-ring (bicyclic) bond motifs is 1. The lowest BCUT2D eigenvalue weighted by Gasteiger charge is -2.21. The number of nitrogens with one attached hydrogen (secondary N) is 1. The summed E-state index contributed by atoms with van der Waals surface area (Å²) in [7, 11) is 3.53. The normalized spacial score (nSPS) is 16.1. The summed E-state index contributed by atoms with van der Waals surface area (Å²) < 4.78 is 1.94. The summed E-state index contributed by atoms with van der Waals surface area (Å²) in [6, 6.07) is 1.97. The molecule has 0 aliphatic heterocycles. The predicted molar refractivity (Wildman–Crippen MR) is 107 cm³/mol. The average Bonchev–Trinajstić information content (AvgIpc) is 3.21. The highest BCUT2D eigenvalue weighted by Gasteiger charge is 2.27. The van der Waals surface area contributed by atoms with E-state index in [4.69, 9.17) is 0 Å². The summed E-state index contributed by atoms with van der Waals surface area (Å²) >= 11 is 1.57. The Morgan fingerprint density at radius 2 is 2.19 bits per heavy atom. The second-order valence-electron chi connectivity index (χ2n) is 7.42. The Hall–Kier alpha value is -2.15. The third kappa shape index (κ3) is 4.40. The van der Waals surface area contributed by atoms with Crippen LogP contribution in [0.2, 0.25) is 0 Å². The van der Waals surface area contributed by atoms with Crippen LogP contribution < -0.4 is 5.32 Å². The Labute approximate surface area is 164 Å². The summed E-state index contributed by atoms with van der Waals surface area (Å²) in [4.78, 5) is 28.4. The average molecular weight is 389 g/mol. The number of hydrogen-bond donors (Lipinski definition) is 1. The van der Waals surface area contributed by atoms with Crippen molar-refractivity contribution in [2.45, 2.75) is 52.6 Å². The number of nitrogens with zero attached hydrogens (tertiary/aromatic N) is 3. The second-order valence-corrected chi connectivity index (χ2v) is 8.56. The van der Waals surface area contributed by atoms with E-state index >= 15 is 0 Å². The van der Waals surface area contributed by atoms with Gasteiger partial charge in [-0.05, 0) is 44.2 Å². The van der Waals surface area contributed by atoms with Gasteiger partial charge in [-0.2, -0.15) is 5.10 Å². The van der Waals surface area contributed by atoms with Crippen LogP contribution in [0.25, 0.3) is 0 Å². The molecule has 0 unspecified atom stereocenters. The molecule has 0 fully saturated rings.